The molecule has 0 unspecified atom stereocenters. The average Bonchev–Trinajstić information content (AvgIpc) is 2.65. The third kappa shape index (κ3) is 3.71. The van der Waals surface area contributed by atoms with Crippen LogP contribution in [0.5, 0.6) is 0 Å². The van der Waals surface area contributed by atoms with Crippen LogP contribution in [0.15, 0.2) is 18.2 Å². The third-order valence-electron chi connectivity index (χ3n) is 2.64. The van der Waals surface area contributed by atoms with Crippen molar-refractivity contribution < 1.29 is 4.79 Å². The molecule has 1 heterocycles. The molecule has 0 saturated heterocycles. The average molecular weight is 260 g/mol. The van der Waals surface area contributed by atoms with Crippen LogP contribution in [0.2, 0.25) is 0 Å². The Morgan fingerprint density at radius 2 is 2.11 bits per heavy atom. The van der Waals surface area contributed by atoms with Crippen molar-refractivity contribution in [3.8, 4) is 0 Å². The Kier molecular flexibility index (Phi) is 3.46. The van der Waals surface area contributed by atoms with Crippen LogP contribution < -0.4 is 10.6 Å². The van der Waals surface area contributed by atoms with Gasteiger partial charge in [0, 0.05) is 12.2 Å². The zero-order valence-corrected chi connectivity index (χ0v) is 11.8. The van der Waals surface area contributed by atoms with E-state index in [9.17, 15) is 4.79 Å². The van der Waals surface area contributed by atoms with Gasteiger partial charge < -0.3 is 15.6 Å². The Labute approximate surface area is 112 Å². The van der Waals surface area contributed by atoms with E-state index in [0.29, 0.717) is 6.54 Å². The zero-order chi connectivity index (χ0) is 14.0. The van der Waals surface area contributed by atoms with Gasteiger partial charge in [-0.2, -0.15) is 0 Å². The SMILES string of the molecule is Cc1nc2ccc(NC(=O)NCC(C)(C)C)cc2[nH]1. The lowest BCUT2D eigenvalue weighted by molar-refractivity contribution is 0.247. The van der Waals surface area contributed by atoms with Gasteiger partial charge in [-0.05, 0) is 30.5 Å². The molecule has 19 heavy (non-hydrogen) atoms. The monoisotopic (exact) mass is 260 g/mol. The molecule has 0 aliphatic heterocycles. The van der Waals surface area contributed by atoms with E-state index in [1.165, 1.54) is 0 Å². The number of fused-ring (bicyclic) bond motifs is 1. The summed E-state index contributed by atoms with van der Waals surface area (Å²) in [6.07, 6.45) is 0. The fraction of sp³-hybridized carbons (Fsp3) is 0.429. The topological polar surface area (TPSA) is 69.8 Å². The molecule has 0 saturated carbocycles. The van der Waals surface area contributed by atoms with Crippen LogP contribution >= 0.6 is 0 Å². The first-order valence-corrected chi connectivity index (χ1v) is 6.35. The minimum absolute atomic E-state index is 0.0712. The van der Waals surface area contributed by atoms with Crippen molar-refractivity contribution in [1.29, 1.82) is 0 Å². The van der Waals surface area contributed by atoms with E-state index in [-0.39, 0.29) is 11.4 Å². The number of amides is 2. The minimum atomic E-state index is -0.189. The summed E-state index contributed by atoms with van der Waals surface area (Å²) in [5.74, 6) is 0.865. The number of carbonyl (C=O) groups excluding carboxylic acids is 1. The van der Waals surface area contributed by atoms with Crippen molar-refractivity contribution in [2.45, 2.75) is 27.7 Å². The van der Waals surface area contributed by atoms with E-state index in [2.05, 4.69) is 41.4 Å². The second-order valence-electron chi connectivity index (χ2n) is 5.92. The maximum absolute atomic E-state index is 11.8. The number of nitrogens with one attached hydrogen (secondary N) is 3. The maximum atomic E-state index is 11.8. The van der Waals surface area contributed by atoms with Gasteiger partial charge in [0.05, 0.1) is 11.0 Å². The number of imidazole rings is 1. The number of urea groups is 1. The largest absolute Gasteiger partial charge is 0.342 e. The molecule has 0 radical (unpaired) electrons. The van der Waals surface area contributed by atoms with Crippen molar-refractivity contribution >= 4 is 22.8 Å². The highest BCUT2D eigenvalue weighted by molar-refractivity contribution is 5.91. The maximum Gasteiger partial charge on any atom is 0.319 e. The van der Waals surface area contributed by atoms with Crippen LogP contribution in [0.4, 0.5) is 10.5 Å². The number of rotatable bonds is 2. The molecule has 0 aliphatic carbocycles. The van der Waals surface area contributed by atoms with Crippen molar-refractivity contribution in [2.24, 2.45) is 5.41 Å². The van der Waals surface area contributed by atoms with E-state index in [1.807, 2.05) is 25.1 Å². The van der Waals surface area contributed by atoms with Gasteiger partial charge in [-0.1, -0.05) is 20.8 Å². The van der Waals surface area contributed by atoms with Crippen LogP contribution in [-0.2, 0) is 0 Å². The fourth-order valence-corrected chi connectivity index (χ4v) is 1.74. The molecular formula is C14H20N4O. The van der Waals surface area contributed by atoms with E-state index in [0.717, 1.165) is 22.5 Å². The number of carbonyl (C=O) groups is 1. The molecule has 0 fully saturated rings. The molecule has 5 nitrogen and oxygen atoms in total. The van der Waals surface area contributed by atoms with Gasteiger partial charge in [0.2, 0.25) is 0 Å². The number of nitrogens with zero attached hydrogens (tertiary/aromatic N) is 1. The molecule has 0 bridgehead atoms. The molecule has 0 aliphatic rings. The summed E-state index contributed by atoms with van der Waals surface area (Å²) in [4.78, 5) is 19.2. The van der Waals surface area contributed by atoms with Crippen molar-refractivity contribution in [1.82, 2.24) is 15.3 Å². The molecule has 5 heteroatoms. The van der Waals surface area contributed by atoms with Gasteiger partial charge in [-0.25, -0.2) is 9.78 Å². The van der Waals surface area contributed by atoms with Crippen molar-refractivity contribution in [3.63, 3.8) is 0 Å². The first-order chi connectivity index (χ1) is 8.83. The number of H-pyrrole nitrogens is 1. The first-order valence-electron chi connectivity index (χ1n) is 6.35. The van der Waals surface area contributed by atoms with Gasteiger partial charge in [-0.3, -0.25) is 0 Å². The normalized spacial score (nSPS) is 11.6. The summed E-state index contributed by atoms with van der Waals surface area (Å²) in [6, 6.07) is 5.43. The van der Waals surface area contributed by atoms with Crippen LogP contribution in [0.1, 0.15) is 26.6 Å². The Balaban J connectivity index is 2.02. The van der Waals surface area contributed by atoms with Crippen molar-refractivity contribution in [3.05, 3.63) is 24.0 Å². The number of hydrogen-bond donors (Lipinski definition) is 3. The third-order valence-corrected chi connectivity index (χ3v) is 2.64. The second-order valence-corrected chi connectivity index (χ2v) is 5.92. The standard InChI is InChI=1S/C14H20N4O/c1-9-16-11-6-5-10(7-12(11)17-9)18-13(19)15-8-14(2,3)4/h5-7H,8H2,1-4H3,(H,16,17)(H2,15,18,19). The van der Waals surface area contributed by atoms with Crippen LogP contribution in [0, 0.1) is 12.3 Å². The van der Waals surface area contributed by atoms with E-state index in [1.54, 1.807) is 0 Å². The number of anilines is 1. The van der Waals surface area contributed by atoms with Crippen molar-refractivity contribution in [2.75, 3.05) is 11.9 Å². The second kappa shape index (κ2) is 4.91. The van der Waals surface area contributed by atoms with E-state index >= 15 is 0 Å². The number of aryl methyl sites for hydroxylation is 1. The van der Waals surface area contributed by atoms with Crippen LogP contribution in [0.25, 0.3) is 11.0 Å². The van der Waals surface area contributed by atoms with E-state index in [4.69, 9.17) is 0 Å². The summed E-state index contributed by atoms with van der Waals surface area (Å²) in [7, 11) is 0. The van der Waals surface area contributed by atoms with Gasteiger partial charge >= 0.3 is 6.03 Å². The summed E-state index contributed by atoms with van der Waals surface area (Å²) in [5, 5.41) is 5.67. The highest BCUT2D eigenvalue weighted by Gasteiger charge is 2.12. The smallest absolute Gasteiger partial charge is 0.319 e. The number of benzene rings is 1. The molecule has 2 aromatic rings. The quantitative estimate of drug-likeness (QED) is 0.776. The minimum Gasteiger partial charge on any atom is -0.342 e. The van der Waals surface area contributed by atoms with Gasteiger partial charge in [0.1, 0.15) is 5.82 Å². The Morgan fingerprint density at radius 1 is 1.37 bits per heavy atom. The Bertz CT molecular complexity index is 595. The highest BCUT2D eigenvalue weighted by atomic mass is 16.2. The van der Waals surface area contributed by atoms with E-state index < -0.39 is 0 Å². The van der Waals surface area contributed by atoms with Crippen LogP contribution in [-0.4, -0.2) is 22.5 Å². The molecule has 0 spiro atoms. The summed E-state index contributed by atoms with van der Waals surface area (Å²) < 4.78 is 0. The fourth-order valence-electron chi connectivity index (χ4n) is 1.74. The van der Waals surface area contributed by atoms with Gasteiger partial charge in [0.25, 0.3) is 0 Å². The zero-order valence-electron chi connectivity index (χ0n) is 11.8. The summed E-state index contributed by atoms with van der Waals surface area (Å²) in [5.41, 5.74) is 2.65. The predicted octanol–water partition coefficient (Wildman–Crippen LogP) is 3.04. The Hall–Kier alpha value is -2.04. The predicted molar refractivity (Wildman–Crippen MR) is 77.3 cm³/mol. The number of aromatic amines is 1. The first kappa shape index (κ1) is 13.4. The lowest BCUT2D eigenvalue weighted by Crippen LogP contribution is -2.35. The lowest BCUT2D eigenvalue weighted by Gasteiger charge is -2.18. The molecule has 1 aromatic carbocycles. The number of hydrogen-bond acceptors (Lipinski definition) is 2. The molecule has 102 valence electrons. The molecule has 2 amide bonds. The Morgan fingerprint density at radius 3 is 2.79 bits per heavy atom. The number of aromatic nitrogens is 2. The van der Waals surface area contributed by atoms with Gasteiger partial charge in [0.15, 0.2) is 0 Å². The summed E-state index contributed by atoms with van der Waals surface area (Å²) in [6.45, 7) is 8.76. The molecule has 0 atom stereocenters. The highest BCUT2D eigenvalue weighted by Crippen LogP contribution is 2.17. The molecule has 2 rings (SSSR count). The summed E-state index contributed by atoms with van der Waals surface area (Å²) >= 11 is 0. The van der Waals surface area contributed by atoms with Crippen LogP contribution in [0.3, 0.4) is 0 Å². The molecular weight excluding hydrogens is 240 g/mol. The molecule has 1 aromatic heterocycles. The van der Waals surface area contributed by atoms with Gasteiger partial charge in [-0.15, -0.1) is 0 Å². The molecule has 3 N–H and O–H groups in total. The lowest BCUT2D eigenvalue weighted by atomic mass is 9.97.